The Hall–Kier alpha value is -2.30. The fourth-order valence-electron chi connectivity index (χ4n) is 1.61. The highest BCUT2D eigenvalue weighted by Crippen LogP contribution is 2.27. The van der Waals surface area contributed by atoms with Gasteiger partial charge in [-0.15, -0.1) is 0 Å². The first kappa shape index (κ1) is 12.2. The van der Waals surface area contributed by atoms with E-state index in [1.54, 1.807) is 39.4 Å². The molecule has 1 aromatic rings. The molecule has 94 valence electrons. The van der Waals surface area contributed by atoms with Gasteiger partial charge in [0.25, 0.3) is 0 Å². The monoisotopic (exact) mass is 247 g/mol. The van der Waals surface area contributed by atoms with Crippen LogP contribution in [0, 0.1) is 0 Å². The molecule has 0 atom stereocenters. The fraction of sp³-hybridized carbons (Fsp3) is 0.231. The minimum absolute atomic E-state index is 0.429. The van der Waals surface area contributed by atoms with Crippen molar-refractivity contribution in [2.75, 3.05) is 14.2 Å². The molecule has 0 aliphatic carbocycles. The number of ether oxygens (including phenoxy) is 2. The third-order valence-electron chi connectivity index (χ3n) is 2.62. The van der Waals surface area contributed by atoms with Crippen LogP contribution < -0.4 is 9.47 Å². The summed E-state index contributed by atoms with van der Waals surface area (Å²) in [4.78, 5) is 16.0. The number of oxime groups is 1. The van der Waals surface area contributed by atoms with Gasteiger partial charge in [0.05, 0.1) is 25.5 Å². The van der Waals surface area contributed by atoms with Crippen LogP contribution in [0.2, 0.25) is 0 Å². The first-order valence-electron chi connectivity index (χ1n) is 5.35. The average Bonchev–Trinajstić information content (AvgIpc) is 2.71. The lowest BCUT2D eigenvalue weighted by Gasteiger charge is -2.07. The Bertz CT molecular complexity index is 546. The first-order chi connectivity index (χ1) is 8.65. The second-order valence-corrected chi connectivity index (χ2v) is 3.72. The molecule has 0 bridgehead atoms. The molecule has 0 N–H and O–H groups in total. The second kappa shape index (κ2) is 4.91. The van der Waals surface area contributed by atoms with E-state index < -0.39 is 5.97 Å². The van der Waals surface area contributed by atoms with Gasteiger partial charge in [-0.1, -0.05) is 5.16 Å². The zero-order valence-corrected chi connectivity index (χ0v) is 10.4. The van der Waals surface area contributed by atoms with E-state index >= 15 is 0 Å². The van der Waals surface area contributed by atoms with Gasteiger partial charge in [0, 0.05) is 11.6 Å². The normalized spacial score (nSPS) is 16.5. The van der Waals surface area contributed by atoms with Crippen LogP contribution in [0.25, 0.3) is 6.08 Å². The predicted molar refractivity (Wildman–Crippen MR) is 66.7 cm³/mol. The maximum Gasteiger partial charge on any atom is 0.367 e. The highest BCUT2D eigenvalue weighted by molar-refractivity contribution is 6.24. The molecular formula is C13H13NO4. The molecule has 1 heterocycles. The van der Waals surface area contributed by atoms with Crippen molar-refractivity contribution in [3.05, 3.63) is 29.3 Å². The highest BCUT2D eigenvalue weighted by atomic mass is 16.7. The van der Waals surface area contributed by atoms with Gasteiger partial charge in [0.2, 0.25) is 0 Å². The quantitative estimate of drug-likeness (QED) is 0.605. The Balaban J connectivity index is 2.43. The van der Waals surface area contributed by atoms with Crippen molar-refractivity contribution in [3.63, 3.8) is 0 Å². The van der Waals surface area contributed by atoms with E-state index in [4.69, 9.17) is 9.47 Å². The number of carbonyl (C=O) groups is 1. The average molecular weight is 247 g/mol. The largest absolute Gasteiger partial charge is 0.497 e. The summed E-state index contributed by atoms with van der Waals surface area (Å²) in [6.07, 6.45) is 1.69. The lowest BCUT2D eigenvalue weighted by Crippen LogP contribution is -2.02. The molecule has 1 aliphatic rings. The molecule has 1 aliphatic heterocycles. The predicted octanol–water partition coefficient (Wildman–Crippen LogP) is 2.02. The second-order valence-electron chi connectivity index (χ2n) is 3.72. The fourth-order valence-corrected chi connectivity index (χ4v) is 1.61. The van der Waals surface area contributed by atoms with Crippen LogP contribution in [-0.2, 0) is 9.63 Å². The lowest BCUT2D eigenvalue weighted by atomic mass is 10.1. The number of nitrogens with zero attached hydrogens (tertiary/aromatic N) is 1. The van der Waals surface area contributed by atoms with Crippen LogP contribution in [0.1, 0.15) is 12.5 Å². The van der Waals surface area contributed by atoms with E-state index in [-0.39, 0.29) is 0 Å². The molecule has 0 saturated heterocycles. The lowest BCUT2D eigenvalue weighted by molar-refractivity contribution is -0.136. The zero-order valence-electron chi connectivity index (χ0n) is 10.4. The van der Waals surface area contributed by atoms with Crippen molar-refractivity contribution in [1.82, 2.24) is 0 Å². The third-order valence-corrected chi connectivity index (χ3v) is 2.62. The van der Waals surface area contributed by atoms with Gasteiger partial charge in [-0.3, -0.25) is 0 Å². The molecule has 0 saturated carbocycles. The highest BCUT2D eigenvalue weighted by Gasteiger charge is 2.22. The van der Waals surface area contributed by atoms with Crippen molar-refractivity contribution in [3.8, 4) is 11.5 Å². The summed E-state index contributed by atoms with van der Waals surface area (Å²) in [6.45, 7) is 1.72. The topological polar surface area (TPSA) is 57.1 Å². The van der Waals surface area contributed by atoms with Crippen LogP contribution in [-0.4, -0.2) is 25.9 Å². The summed E-state index contributed by atoms with van der Waals surface area (Å²) in [5.74, 6) is 0.855. The molecular weight excluding hydrogens is 234 g/mol. The number of hydrogen-bond acceptors (Lipinski definition) is 5. The van der Waals surface area contributed by atoms with E-state index in [1.807, 2.05) is 6.07 Å². The van der Waals surface area contributed by atoms with Crippen molar-refractivity contribution in [2.45, 2.75) is 6.92 Å². The summed E-state index contributed by atoms with van der Waals surface area (Å²) < 4.78 is 10.4. The van der Waals surface area contributed by atoms with Gasteiger partial charge >= 0.3 is 5.97 Å². The molecule has 0 unspecified atom stereocenters. The summed E-state index contributed by atoms with van der Waals surface area (Å²) in [7, 11) is 3.14. The summed E-state index contributed by atoms with van der Waals surface area (Å²) in [5, 5.41) is 3.62. The van der Waals surface area contributed by atoms with Crippen molar-refractivity contribution < 1.29 is 19.1 Å². The first-order valence-corrected chi connectivity index (χ1v) is 5.35. The maximum atomic E-state index is 11.4. The molecule has 5 heteroatoms. The van der Waals surface area contributed by atoms with Crippen molar-refractivity contribution in [2.24, 2.45) is 5.16 Å². The van der Waals surface area contributed by atoms with Gasteiger partial charge in [-0.2, -0.15) is 0 Å². The van der Waals surface area contributed by atoms with Crippen LogP contribution >= 0.6 is 0 Å². The molecule has 5 nitrogen and oxygen atoms in total. The molecule has 0 fully saturated rings. The Morgan fingerprint density at radius 3 is 2.61 bits per heavy atom. The Morgan fingerprint density at radius 1 is 1.28 bits per heavy atom. The van der Waals surface area contributed by atoms with E-state index in [0.29, 0.717) is 22.8 Å². The smallest absolute Gasteiger partial charge is 0.367 e. The SMILES string of the molecule is COc1ccc(C=C2C(=O)ON=C2C)c(OC)c1. The molecule has 0 aromatic heterocycles. The van der Waals surface area contributed by atoms with E-state index in [1.165, 1.54) is 0 Å². The summed E-state index contributed by atoms with van der Waals surface area (Å²) in [6, 6.07) is 5.35. The summed E-state index contributed by atoms with van der Waals surface area (Å²) >= 11 is 0. The molecule has 18 heavy (non-hydrogen) atoms. The minimum Gasteiger partial charge on any atom is -0.497 e. The number of rotatable bonds is 3. The zero-order chi connectivity index (χ0) is 13.1. The molecule has 0 radical (unpaired) electrons. The van der Waals surface area contributed by atoms with Gasteiger partial charge in [-0.25, -0.2) is 4.79 Å². The Morgan fingerprint density at radius 2 is 2.06 bits per heavy atom. The third kappa shape index (κ3) is 2.20. The number of carbonyl (C=O) groups excluding carboxylic acids is 1. The molecule has 0 amide bonds. The van der Waals surface area contributed by atoms with Crippen molar-refractivity contribution in [1.29, 1.82) is 0 Å². The van der Waals surface area contributed by atoms with Gasteiger partial charge in [0.15, 0.2) is 0 Å². The van der Waals surface area contributed by atoms with Crippen LogP contribution in [0.4, 0.5) is 0 Å². The molecule has 2 rings (SSSR count). The van der Waals surface area contributed by atoms with Gasteiger partial charge in [0.1, 0.15) is 11.5 Å². The maximum absolute atomic E-state index is 11.4. The minimum atomic E-state index is -0.453. The van der Waals surface area contributed by atoms with Crippen LogP contribution in [0.3, 0.4) is 0 Å². The Labute approximate surface area is 105 Å². The van der Waals surface area contributed by atoms with E-state index in [2.05, 4.69) is 9.99 Å². The van der Waals surface area contributed by atoms with Gasteiger partial charge < -0.3 is 14.3 Å². The summed E-state index contributed by atoms with van der Waals surface area (Å²) in [5.41, 5.74) is 1.75. The standard InChI is InChI=1S/C13H13NO4/c1-8-11(13(15)18-14-8)6-9-4-5-10(16-2)7-12(9)17-3/h4-7H,1-3H3. The van der Waals surface area contributed by atoms with Gasteiger partial charge in [-0.05, 0) is 25.1 Å². The molecule has 0 spiro atoms. The van der Waals surface area contributed by atoms with E-state index in [9.17, 15) is 4.79 Å². The van der Waals surface area contributed by atoms with E-state index in [0.717, 1.165) is 5.56 Å². The Kier molecular flexibility index (Phi) is 3.32. The van der Waals surface area contributed by atoms with Crippen LogP contribution in [0.15, 0.2) is 28.9 Å². The van der Waals surface area contributed by atoms with Crippen molar-refractivity contribution >= 4 is 17.8 Å². The van der Waals surface area contributed by atoms with Crippen LogP contribution in [0.5, 0.6) is 11.5 Å². The number of hydrogen-bond donors (Lipinski definition) is 0. The number of benzene rings is 1. The number of methoxy groups -OCH3 is 2. The molecule has 1 aromatic carbocycles.